The van der Waals surface area contributed by atoms with Crippen LogP contribution in [0.5, 0.6) is 0 Å². The maximum absolute atomic E-state index is 13.0. The van der Waals surface area contributed by atoms with Gasteiger partial charge in [-0.25, -0.2) is 0 Å². The van der Waals surface area contributed by atoms with Crippen molar-refractivity contribution in [3.05, 3.63) is 71.0 Å². The van der Waals surface area contributed by atoms with Crippen molar-refractivity contribution in [1.82, 2.24) is 9.97 Å². The molecule has 4 aromatic rings. The van der Waals surface area contributed by atoms with Gasteiger partial charge in [-0.05, 0) is 47.2 Å². The first kappa shape index (κ1) is 16.6. The number of H-pyrrole nitrogens is 2. The highest BCUT2D eigenvalue weighted by Gasteiger charge is 2.15. The number of rotatable bonds is 4. The van der Waals surface area contributed by atoms with Gasteiger partial charge in [0, 0.05) is 21.8 Å². The number of carbonyl (C=O) groups excluding carboxylic acids is 1. The topological polar surface area (TPSA) is 48.6 Å². The average Bonchev–Trinajstić information content (AvgIpc) is 3.23. The molecule has 0 fully saturated rings. The van der Waals surface area contributed by atoms with E-state index >= 15 is 0 Å². The van der Waals surface area contributed by atoms with Crippen LogP contribution in [0.2, 0.25) is 0 Å². The van der Waals surface area contributed by atoms with Crippen LogP contribution in [0.15, 0.2) is 48.5 Å². The molecule has 0 bridgehead atoms. The molecule has 26 heavy (non-hydrogen) atoms. The minimum atomic E-state index is -0.00501. The molecule has 0 spiro atoms. The second-order valence-corrected chi connectivity index (χ2v) is 7.70. The molecule has 0 unspecified atom stereocenters. The third-order valence-corrected chi connectivity index (χ3v) is 5.12. The summed E-state index contributed by atoms with van der Waals surface area (Å²) in [6.07, 6.45) is 0. The summed E-state index contributed by atoms with van der Waals surface area (Å²) >= 11 is 0. The van der Waals surface area contributed by atoms with E-state index in [0.29, 0.717) is 23.2 Å². The molecule has 2 aromatic carbocycles. The first-order valence-electron chi connectivity index (χ1n) is 9.22. The summed E-state index contributed by atoms with van der Waals surface area (Å²) in [7, 11) is 0. The number of hydrogen-bond donors (Lipinski definition) is 2. The van der Waals surface area contributed by atoms with E-state index in [1.807, 2.05) is 12.1 Å². The number of hydrogen-bond acceptors (Lipinski definition) is 1. The number of fused-ring (bicyclic) bond motifs is 2. The van der Waals surface area contributed by atoms with E-state index in [1.165, 1.54) is 11.1 Å². The Bertz CT molecular complexity index is 1020. The van der Waals surface area contributed by atoms with Crippen molar-refractivity contribution in [3.63, 3.8) is 0 Å². The Morgan fingerprint density at radius 3 is 1.50 bits per heavy atom. The Balaban J connectivity index is 1.72. The monoisotopic (exact) mass is 344 g/mol. The molecule has 3 heteroatoms. The summed E-state index contributed by atoms with van der Waals surface area (Å²) in [6.45, 7) is 8.69. The molecule has 0 saturated heterocycles. The zero-order valence-corrected chi connectivity index (χ0v) is 15.7. The van der Waals surface area contributed by atoms with E-state index in [2.05, 4.69) is 74.1 Å². The first-order valence-corrected chi connectivity index (χ1v) is 9.22. The summed E-state index contributed by atoms with van der Waals surface area (Å²) in [5, 5.41) is 2.13. The van der Waals surface area contributed by atoms with Crippen molar-refractivity contribution in [1.29, 1.82) is 0 Å². The molecular weight excluding hydrogens is 320 g/mol. The van der Waals surface area contributed by atoms with Gasteiger partial charge in [-0.3, -0.25) is 4.79 Å². The number of aromatic nitrogens is 2. The van der Waals surface area contributed by atoms with Crippen LogP contribution in [0, 0.1) is 0 Å². The summed E-state index contributed by atoms with van der Waals surface area (Å²) in [6, 6.07) is 16.6. The molecule has 2 heterocycles. The van der Waals surface area contributed by atoms with Crippen LogP contribution < -0.4 is 0 Å². The fraction of sp³-hybridized carbons (Fsp3) is 0.261. The molecule has 3 nitrogen and oxygen atoms in total. The van der Waals surface area contributed by atoms with E-state index < -0.39 is 0 Å². The first-order chi connectivity index (χ1) is 12.4. The second-order valence-electron chi connectivity index (χ2n) is 7.70. The van der Waals surface area contributed by atoms with Crippen molar-refractivity contribution in [2.75, 3.05) is 0 Å². The highest BCUT2D eigenvalue weighted by molar-refractivity contribution is 6.11. The lowest BCUT2D eigenvalue weighted by Gasteiger charge is -2.04. The number of carbonyl (C=O) groups is 1. The molecule has 0 saturated carbocycles. The van der Waals surface area contributed by atoms with Crippen LogP contribution in [-0.2, 0) is 0 Å². The molecule has 0 amide bonds. The Kier molecular flexibility index (Phi) is 3.95. The SMILES string of the molecule is CC(C)c1ccc2cc(C(=O)c3cc4ccc(C(C)C)cc4[nH]3)[nH]c2c1. The molecule has 0 aliphatic rings. The van der Waals surface area contributed by atoms with Gasteiger partial charge in [0.05, 0.1) is 11.4 Å². The predicted octanol–water partition coefficient (Wildman–Crippen LogP) is 6.13. The normalized spacial score (nSPS) is 11.9. The number of aromatic amines is 2. The molecule has 2 aromatic heterocycles. The molecule has 0 aliphatic carbocycles. The van der Waals surface area contributed by atoms with Gasteiger partial charge in [-0.2, -0.15) is 0 Å². The lowest BCUT2D eigenvalue weighted by Crippen LogP contribution is -2.01. The van der Waals surface area contributed by atoms with Gasteiger partial charge in [-0.15, -0.1) is 0 Å². The van der Waals surface area contributed by atoms with Crippen molar-refractivity contribution >= 4 is 27.6 Å². The standard InChI is InChI=1S/C23H24N2O/c1-13(2)15-5-7-17-11-21(24-19(17)9-15)23(26)22-12-18-8-6-16(14(3)4)10-20(18)25-22/h5-14,24-25H,1-4H3. The Labute approximate surface area is 153 Å². The van der Waals surface area contributed by atoms with Crippen molar-refractivity contribution in [2.45, 2.75) is 39.5 Å². The van der Waals surface area contributed by atoms with Gasteiger partial charge in [0.15, 0.2) is 0 Å². The van der Waals surface area contributed by atoms with E-state index in [0.717, 1.165) is 21.8 Å². The fourth-order valence-electron chi connectivity index (χ4n) is 3.40. The maximum Gasteiger partial charge on any atom is 0.225 e. The third kappa shape index (κ3) is 2.84. The van der Waals surface area contributed by atoms with Crippen molar-refractivity contribution in [2.24, 2.45) is 0 Å². The van der Waals surface area contributed by atoms with Crippen LogP contribution >= 0.6 is 0 Å². The number of benzene rings is 2. The van der Waals surface area contributed by atoms with Crippen LogP contribution in [0.1, 0.15) is 66.8 Å². The smallest absolute Gasteiger partial charge is 0.225 e. The van der Waals surface area contributed by atoms with Crippen LogP contribution in [0.3, 0.4) is 0 Å². The second kappa shape index (κ2) is 6.17. The highest BCUT2D eigenvalue weighted by Crippen LogP contribution is 2.25. The van der Waals surface area contributed by atoms with Crippen LogP contribution in [-0.4, -0.2) is 15.8 Å². The summed E-state index contributed by atoms with van der Waals surface area (Å²) < 4.78 is 0. The van der Waals surface area contributed by atoms with E-state index in [-0.39, 0.29) is 5.78 Å². The number of ketones is 1. The zero-order valence-electron chi connectivity index (χ0n) is 15.7. The van der Waals surface area contributed by atoms with Gasteiger partial charge in [0.25, 0.3) is 0 Å². The van der Waals surface area contributed by atoms with Gasteiger partial charge in [-0.1, -0.05) is 52.0 Å². The largest absolute Gasteiger partial charge is 0.352 e. The van der Waals surface area contributed by atoms with Crippen molar-refractivity contribution in [3.8, 4) is 0 Å². The fourth-order valence-corrected chi connectivity index (χ4v) is 3.40. The highest BCUT2D eigenvalue weighted by atomic mass is 16.1. The maximum atomic E-state index is 13.0. The Morgan fingerprint density at radius 1 is 0.692 bits per heavy atom. The quantitative estimate of drug-likeness (QED) is 0.430. The lowest BCUT2D eigenvalue weighted by atomic mass is 10.0. The summed E-state index contributed by atoms with van der Waals surface area (Å²) in [5.74, 6) is 0.922. The van der Waals surface area contributed by atoms with E-state index in [4.69, 9.17) is 0 Å². The lowest BCUT2D eigenvalue weighted by molar-refractivity contribution is 0.103. The molecule has 4 rings (SSSR count). The Hall–Kier alpha value is -2.81. The van der Waals surface area contributed by atoms with Crippen LogP contribution in [0.25, 0.3) is 21.8 Å². The van der Waals surface area contributed by atoms with Crippen molar-refractivity contribution < 1.29 is 4.79 Å². The molecule has 2 N–H and O–H groups in total. The van der Waals surface area contributed by atoms with Gasteiger partial charge < -0.3 is 9.97 Å². The van der Waals surface area contributed by atoms with Gasteiger partial charge in [0.1, 0.15) is 0 Å². The molecule has 0 radical (unpaired) electrons. The minimum Gasteiger partial charge on any atom is -0.352 e. The van der Waals surface area contributed by atoms with Gasteiger partial charge in [0.2, 0.25) is 5.78 Å². The molecule has 132 valence electrons. The summed E-state index contributed by atoms with van der Waals surface area (Å²) in [4.78, 5) is 19.5. The predicted molar refractivity (Wildman–Crippen MR) is 108 cm³/mol. The average molecular weight is 344 g/mol. The van der Waals surface area contributed by atoms with Gasteiger partial charge >= 0.3 is 0 Å². The minimum absolute atomic E-state index is 0.00501. The summed E-state index contributed by atoms with van der Waals surface area (Å²) in [5.41, 5.74) is 5.80. The Morgan fingerprint density at radius 2 is 1.12 bits per heavy atom. The van der Waals surface area contributed by atoms with E-state index in [9.17, 15) is 4.79 Å². The zero-order chi connectivity index (χ0) is 18.4. The number of nitrogens with one attached hydrogen (secondary N) is 2. The van der Waals surface area contributed by atoms with Crippen LogP contribution in [0.4, 0.5) is 0 Å². The molecule has 0 aliphatic heterocycles. The molecule has 0 atom stereocenters. The van der Waals surface area contributed by atoms with E-state index in [1.54, 1.807) is 0 Å². The third-order valence-electron chi connectivity index (χ3n) is 5.12. The molecular formula is C23H24N2O.